The highest BCUT2D eigenvalue weighted by atomic mass is 32.2. The van der Waals surface area contributed by atoms with Crippen molar-refractivity contribution in [2.75, 3.05) is 11.6 Å². The lowest BCUT2D eigenvalue weighted by Crippen LogP contribution is -2.12. The number of nitrogens with one attached hydrogen (secondary N) is 1. The molecule has 1 atom stereocenters. The molecule has 0 radical (unpaired) electrons. The van der Waals surface area contributed by atoms with Crippen molar-refractivity contribution in [1.82, 2.24) is 0 Å². The highest BCUT2D eigenvalue weighted by Crippen LogP contribution is 2.35. The monoisotopic (exact) mass is 441 g/mol. The minimum atomic E-state index is -3.60. The van der Waals surface area contributed by atoms with Crippen LogP contribution in [0.3, 0.4) is 0 Å². The van der Waals surface area contributed by atoms with E-state index in [4.69, 9.17) is 0 Å². The Hall–Kier alpha value is -2.77. The Bertz CT molecular complexity index is 1150. The molecule has 0 aliphatic rings. The van der Waals surface area contributed by atoms with Crippen LogP contribution in [0, 0.1) is 6.92 Å². The zero-order valence-electron chi connectivity index (χ0n) is 16.9. The SMILES string of the molecule is Cc1ccc(C(C)Sc2ccc(C(=O)Nc3ccc(O)c(S(C)(=O)=O)c3)cc2)cc1. The standard InChI is InChI=1S/C23H23NO4S2/c1-15-4-6-17(7-5-15)16(2)29-20-11-8-18(9-12-20)23(26)24-19-10-13-21(25)22(14-19)30(3,27)28/h4-14,16,25H,1-3H3,(H,24,26). The summed E-state index contributed by atoms with van der Waals surface area (Å²) in [7, 11) is -3.60. The van der Waals surface area contributed by atoms with Crippen LogP contribution >= 0.6 is 11.8 Å². The lowest BCUT2D eigenvalue weighted by atomic mass is 10.1. The molecule has 1 unspecified atom stereocenters. The molecule has 0 aliphatic carbocycles. The lowest BCUT2D eigenvalue weighted by Gasteiger charge is -2.12. The van der Waals surface area contributed by atoms with Crippen LogP contribution < -0.4 is 5.32 Å². The van der Waals surface area contributed by atoms with E-state index in [1.807, 2.05) is 12.1 Å². The molecule has 0 spiro atoms. The Morgan fingerprint density at radius 2 is 1.63 bits per heavy atom. The fraction of sp³-hybridized carbons (Fsp3) is 0.174. The molecule has 2 N–H and O–H groups in total. The summed E-state index contributed by atoms with van der Waals surface area (Å²) in [5.41, 5.74) is 3.21. The Balaban J connectivity index is 1.69. The van der Waals surface area contributed by atoms with E-state index in [0.29, 0.717) is 11.3 Å². The number of rotatable bonds is 6. The van der Waals surface area contributed by atoms with Gasteiger partial charge in [0.2, 0.25) is 0 Å². The second-order valence-corrected chi connectivity index (χ2v) is 10.5. The van der Waals surface area contributed by atoms with Gasteiger partial charge in [-0.05, 0) is 61.9 Å². The molecule has 3 aromatic carbocycles. The molecule has 5 nitrogen and oxygen atoms in total. The number of anilines is 1. The summed E-state index contributed by atoms with van der Waals surface area (Å²) >= 11 is 1.71. The van der Waals surface area contributed by atoms with Crippen molar-refractivity contribution >= 4 is 33.2 Å². The quantitative estimate of drug-likeness (QED) is 0.405. The lowest BCUT2D eigenvalue weighted by molar-refractivity contribution is 0.102. The molecule has 1 amide bonds. The van der Waals surface area contributed by atoms with Gasteiger partial charge in [0.1, 0.15) is 10.6 Å². The fourth-order valence-electron chi connectivity index (χ4n) is 2.89. The predicted octanol–water partition coefficient (Wildman–Crippen LogP) is 5.21. The zero-order chi connectivity index (χ0) is 21.9. The third-order valence-electron chi connectivity index (χ3n) is 4.59. The second-order valence-electron chi connectivity index (χ2n) is 7.10. The van der Waals surface area contributed by atoms with E-state index < -0.39 is 9.84 Å². The molecular weight excluding hydrogens is 418 g/mol. The average molecular weight is 442 g/mol. The van der Waals surface area contributed by atoms with E-state index in [1.165, 1.54) is 29.3 Å². The van der Waals surface area contributed by atoms with Gasteiger partial charge in [-0.3, -0.25) is 4.79 Å². The summed E-state index contributed by atoms with van der Waals surface area (Å²) in [5, 5.41) is 12.7. The van der Waals surface area contributed by atoms with Gasteiger partial charge in [0.05, 0.1) is 0 Å². The fourth-order valence-corrected chi connectivity index (χ4v) is 4.67. The molecule has 0 heterocycles. The smallest absolute Gasteiger partial charge is 0.255 e. The van der Waals surface area contributed by atoms with Crippen LogP contribution in [0.4, 0.5) is 5.69 Å². The molecule has 0 aliphatic heterocycles. The Labute approximate surface area is 181 Å². The van der Waals surface area contributed by atoms with Crippen LogP contribution in [0.1, 0.15) is 33.7 Å². The zero-order valence-corrected chi connectivity index (χ0v) is 18.5. The number of phenolic OH excluding ortho intramolecular Hbond substituents is 1. The van der Waals surface area contributed by atoms with E-state index >= 15 is 0 Å². The van der Waals surface area contributed by atoms with Gasteiger partial charge in [-0.1, -0.05) is 29.8 Å². The number of carbonyl (C=O) groups is 1. The number of phenols is 1. The highest BCUT2D eigenvalue weighted by Gasteiger charge is 2.15. The van der Waals surface area contributed by atoms with Gasteiger partial charge >= 0.3 is 0 Å². The molecule has 3 rings (SSSR count). The van der Waals surface area contributed by atoms with Gasteiger partial charge in [0.25, 0.3) is 5.91 Å². The predicted molar refractivity (Wildman–Crippen MR) is 121 cm³/mol. The van der Waals surface area contributed by atoms with Crippen LogP contribution in [-0.4, -0.2) is 25.7 Å². The maximum Gasteiger partial charge on any atom is 0.255 e. The van der Waals surface area contributed by atoms with Crippen LogP contribution in [0.5, 0.6) is 5.75 Å². The van der Waals surface area contributed by atoms with Crippen molar-refractivity contribution in [3.63, 3.8) is 0 Å². The first-order valence-corrected chi connectivity index (χ1v) is 12.1. The summed E-state index contributed by atoms with van der Waals surface area (Å²) < 4.78 is 23.5. The van der Waals surface area contributed by atoms with Gasteiger partial charge in [0.15, 0.2) is 9.84 Å². The van der Waals surface area contributed by atoms with Crippen molar-refractivity contribution in [3.8, 4) is 5.75 Å². The average Bonchev–Trinajstić information content (AvgIpc) is 2.69. The molecule has 0 saturated carbocycles. The van der Waals surface area contributed by atoms with Gasteiger partial charge in [-0.2, -0.15) is 0 Å². The minimum absolute atomic E-state index is 0.225. The van der Waals surface area contributed by atoms with Crippen LogP contribution in [0.15, 0.2) is 76.5 Å². The topological polar surface area (TPSA) is 83.5 Å². The van der Waals surface area contributed by atoms with Gasteiger partial charge < -0.3 is 10.4 Å². The van der Waals surface area contributed by atoms with Gasteiger partial charge in [-0.15, -0.1) is 11.8 Å². The Morgan fingerprint density at radius 3 is 2.23 bits per heavy atom. The highest BCUT2D eigenvalue weighted by molar-refractivity contribution is 7.99. The van der Waals surface area contributed by atoms with Gasteiger partial charge in [0, 0.05) is 27.7 Å². The van der Waals surface area contributed by atoms with Crippen molar-refractivity contribution in [2.24, 2.45) is 0 Å². The number of aromatic hydroxyl groups is 1. The van der Waals surface area contributed by atoms with Crippen LogP contribution in [0.2, 0.25) is 0 Å². The number of aryl methyl sites for hydroxylation is 1. The molecule has 156 valence electrons. The number of carbonyl (C=O) groups excluding carboxylic acids is 1. The first-order valence-electron chi connectivity index (χ1n) is 9.31. The van der Waals surface area contributed by atoms with Gasteiger partial charge in [-0.25, -0.2) is 8.42 Å². The van der Waals surface area contributed by atoms with Crippen molar-refractivity contribution in [3.05, 3.63) is 83.4 Å². The molecule has 7 heteroatoms. The number of benzene rings is 3. The molecule has 0 fully saturated rings. The van der Waals surface area contributed by atoms with E-state index in [0.717, 1.165) is 11.2 Å². The van der Waals surface area contributed by atoms with Crippen LogP contribution in [-0.2, 0) is 9.84 Å². The minimum Gasteiger partial charge on any atom is -0.507 e. The Morgan fingerprint density at radius 1 is 1.00 bits per heavy atom. The Kier molecular flexibility index (Phi) is 6.53. The van der Waals surface area contributed by atoms with Crippen LogP contribution in [0.25, 0.3) is 0 Å². The third kappa shape index (κ3) is 5.43. The number of hydrogen-bond acceptors (Lipinski definition) is 5. The number of amides is 1. The third-order valence-corrected chi connectivity index (χ3v) is 6.89. The van der Waals surface area contributed by atoms with E-state index in [-0.39, 0.29) is 21.8 Å². The first-order chi connectivity index (χ1) is 14.1. The molecule has 3 aromatic rings. The number of hydrogen-bond donors (Lipinski definition) is 2. The van der Waals surface area contributed by atoms with Crippen molar-refractivity contribution in [2.45, 2.75) is 28.9 Å². The maximum atomic E-state index is 12.5. The van der Waals surface area contributed by atoms with E-state index in [1.54, 1.807) is 23.9 Å². The normalized spacial score (nSPS) is 12.4. The van der Waals surface area contributed by atoms with Crippen molar-refractivity contribution in [1.29, 1.82) is 0 Å². The summed E-state index contributed by atoms with van der Waals surface area (Å²) in [5.74, 6) is -0.706. The molecule has 30 heavy (non-hydrogen) atoms. The summed E-state index contributed by atoms with van der Waals surface area (Å²) in [6, 6.07) is 19.6. The summed E-state index contributed by atoms with van der Waals surface area (Å²) in [4.78, 5) is 13.3. The van der Waals surface area contributed by atoms with E-state index in [2.05, 4.69) is 43.4 Å². The number of sulfone groups is 1. The van der Waals surface area contributed by atoms with Crippen molar-refractivity contribution < 1.29 is 18.3 Å². The molecule has 0 saturated heterocycles. The summed E-state index contributed by atoms with van der Waals surface area (Å²) in [6.07, 6.45) is 1.00. The first kappa shape index (κ1) is 21.9. The number of thioether (sulfide) groups is 1. The molecule has 0 aromatic heterocycles. The molecular formula is C23H23NO4S2. The summed E-state index contributed by atoms with van der Waals surface area (Å²) in [6.45, 7) is 4.20. The van der Waals surface area contributed by atoms with E-state index in [9.17, 15) is 18.3 Å². The second kappa shape index (κ2) is 8.93. The largest absolute Gasteiger partial charge is 0.507 e. The molecule has 0 bridgehead atoms. The maximum absolute atomic E-state index is 12.5.